The van der Waals surface area contributed by atoms with Crippen molar-refractivity contribution >= 4 is 62.3 Å². The standard InChI is InChI=1S/C26H26Cl3N3O4S/c1-17-9-11-20(27)14-24(17)32(37(35,36)21-7-5-4-6-8-21)16-25(33)31(18(2)26(34)30-3)15-19-10-12-22(28)23(29)13-19/h4-14,18H,15-16H2,1-3H3,(H,30,34)/t18-/m1/s1. The number of halogens is 3. The van der Waals surface area contributed by atoms with Gasteiger partial charge in [0.05, 0.1) is 20.6 Å². The molecule has 0 spiro atoms. The highest BCUT2D eigenvalue weighted by atomic mass is 35.5. The van der Waals surface area contributed by atoms with Crippen molar-refractivity contribution in [1.82, 2.24) is 10.2 Å². The molecule has 2 amide bonds. The minimum atomic E-state index is -4.17. The molecule has 1 atom stereocenters. The van der Waals surface area contributed by atoms with E-state index >= 15 is 0 Å². The molecule has 7 nitrogen and oxygen atoms in total. The van der Waals surface area contributed by atoms with Crippen LogP contribution in [0.4, 0.5) is 5.69 Å². The highest BCUT2D eigenvalue weighted by Gasteiger charge is 2.33. The SMILES string of the molecule is CNC(=O)[C@@H](C)N(Cc1ccc(Cl)c(Cl)c1)C(=O)CN(c1cc(Cl)ccc1C)S(=O)(=O)c1ccccc1. The van der Waals surface area contributed by atoms with Crippen molar-refractivity contribution in [2.45, 2.75) is 31.3 Å². The predicted octanol–water partition coefficient (Wildman–Crippen LogP) is 5.31. The van der Waals surface area contributed by atoms with Gasteiger partial charge >= 0.3 is 0 Å². The molecular weight excluding hydrogens is 557 g/mol. The van der Waals surface area contributed by atoms with E-state index in [1.165, 1.54) is 30.1 Å². The van der Waals surface area contributed by atoms with Gasteiger partial charge < -0.3 is 10.2 Å². The van der Waals surface area contributed by atoms with E-state index in [9.17, 15) is 18.0 Å². The van der Waals surface area contributed by atoms with Crippen LogP contribution in [-0.2, 0) is 26.2 Å². The second-order valence-electron chi connectivity index (χ2n) is 8.32. The zero-order valence-corrected chi connectivity index (χ0v) is 23.5. The Morgan fingerprint density at radius 1 is 0.946 bits per heavy atom. The molecule has 3 aromatic carbocycles. The van der Waals surface area contributed by atoms with Gasteiger partial charge in [-0.1, -0.05) is 65.1 Å². The number of amides is 2. The number of anilines is 1. The molecule has 0 fully saturated rings. The molecule has 0 saturated carbocycles. The molecule has 0 aliphatic heterocycles. The van der Waals surface area contributed by atoms with Crippen LogP contribution in [-0.4, -0.2) is 44.8 Å². The van der Waals surface area contributed by atoms with Gasteiger partial charge in [-0.15, -0.1) is 0 Å². The fourth-order valence-electron chi connectivity index (χ4n) is 3.71. The summed E-state index contributed by atoms with van der Waals surface area (Å²) in [6.07, 6.45) is 0. The lowest BCUT2D eigenvalue weighted by atomic mass is 10.1. The Hall–Kier alpha value is -2.78. The summed E-state index contributed by atoms with van der Waals surface area (Å²) in [6.45, 7) is 2.72. The van der Waals surface area contributed by atoms with E-state index in [0.717, 1.165) is 4.31 Å². The molecule has 0 unspecified atom stereocenters. The fourth-order valence-corrected chi connectivity index (χ4v) is 5.69. The van der Waals surface area contributed by atoms with Crippen molar-refractivity contribution in [3.05, 3.63) is 92.9 Å². The topological polar surface area (TPSA) is 86.8 Å². The molecule has 0 radical (unpaired) electrons. The van der Waals surface area contributed by atoms with Crippen LogP contribution in [0.25, 0.3) is 0 Å². The summed E-state index contributed by atoms with van der Waals surface area (Å²) >= 11 is 18.4. The molecule has 0 aromatic heterocycles. The van der Waals surface area contributed by atoms with Crippen LogP contribution in [0.5, 0.6) is 0 Å². The molecule has 0 aliphatic rings. The largest absolute Gasteiger partial charge is 0.357 e. The first kappa shape index (κ1) is 28.8. The summed E-state index contributed by atoms with van der Waals surface area (Å²) in [7, 11) is -2.71. The number of benzene rings is 3. The number of rotatable bonds is 9. The summed E-state index contributed by atoms with van der Waals surface area (Å²) in [6, 6.07) is 16.6. The number of carbonyl (C=O) groups is 2. The lowest BCUT2D eigenvalue weighted by molar-refractivity contribution is -0.139. The zero-order valence-electron chi connectivity index (χ0n) is 20.4. The van der Waals surface area contributed by atoms with E-state index in [4.69, 9.17) is 34.8 Å². The highest BCUT2D eigenvalue weighted by molar-refractivity contribution is 7.92. The molecule has 11 heteroatoms. The second kappa shape index (κ2) is 12.2. The molecular formula is C26H26Cl3N3O4S. The zero-order chi connectivity index (χ0) is 27.3. The smallest absolute Gasteiger partial charge is 0.264 e. The van der Waals surface area contributed by atoms with Crippen molar-refractivity contribution < 1.29 is 18.0 Å². The van der Waals surface area contributed by atoms with Gasteiger partial charge in [-0.2, -0.15) is 0 Å². The van der Waals surface area contributed by atoms with Crippen molar-refractivity contribution in [2.24, 2.45) is 0 Å². The summed E-state index contributed by atoms with van der Waals surface area (Å²) in [5.41, 5.74) is 1.48. The average Bonchev–Trinajstić information content (AvgIpc) is 2.88. The molecule has 1 N–H and O–H groups in total. The summed E-state index contributed by atoms with van der Waals surface area (Å²) < 4.78 is 28.5. The maximum Gasteiger partial charge on any atom is 0.264 e. The van der Waals surface area contributed by atoms with Crippen LogP contribution in [0.15, 0.2) is 71.6 Å². The third-order valence-corrected chi connectivity index (χ3v) is 8.55. The van der Waals surface area contributed by atoms with Crippen molar-refractivity contribution in [1.29, 1.82) is 0 Å². The number of hydrogen-bond donors (Lipinski definition) is 1. The Labute approximate surface area is 232 Å². The number of likely N-dealkylation sites (N-methyl/N-ethyl adjacent to an activating group) is 1. The maximum absolute atomic E-state index is 13.8. The third-order valence-electron chi connectivity index (χ3n) is 5.80. The minimum Gasteiger partial charge on any atom is -0.357 e. The summed E-state index contributed by atoms with van der Waals surface area (Å²) in [5.74, 6) is -1.01. The number of nitrogens with one attached hydrogen (secondary N) is 1. The van der Waals surface area contributed by atoms with Crippen molar-refractivity contribution in [3.8, 4) is 0 Å². The minimum absolute atomic E-state index is 0.00192. The fraction of sp³-hybridized carbons (Fsp3) is 0.231. The van der Waals surface area contributed by atoms with E-state index < -0.39 is 34.4 Å². The Kier molecular flexibility index (Phi) is 9.47. The molecule has 3 rings (SSSR count). The Balaban J connectivity index is 2.07. The molecule has 0 heterocycles. The molecule has 37 heavy (non-hydrogen) atoms. The van der Waals surface area contributed by atoms with Crippen LogP contribution < -0.4 is 9.62 Å². The molecule has 3 aromatic rings. The summed E-state index contributed by atoms with van der Waals surface area (Å²) in [5, 5.41) is 3.49. The van der Waals surface area contributed by atoms with Gasteiger partial charge in [0.25, 0.3) is 10.0 Å². The van der Waals surface area contributed by atoms with Crippen molar-refractivity contribution in [3.63, 3.8) is 0 Å². The monoisotopic (exact) mass is 581 g/mol. The Bertz CT molecular complexity index is 1400. The molecule has 0 bridgehead atoms. The Morgan fingerprint density at radius 3 is 2.24 bits per heavy atom. The lowest BCUT2D eigenvalue weighted by Gasteiger charge is -2.32. The van der Waals surface area contributed by atoms with Gasteiger partial charge in [0.2, 0.25) is 11.8 Å². The molecule has 0 aliphatic carbocycles. The highest BCUT2D eigenvalue weighted by Crippen LogP contribution is 2.30. The third kappa shape index (κ3) is 6.76. The van der Waals surface area contributed by atoms with E-state index in [1.807, 2.05) is 0 Å². The van der Waals surface area contributed by atoms with Crippen LogP contribution in [0.1, 0.15) is 18.1 Å². The van der Waals surface area contributed by atoms with Crippen LogP contribution in [0.3, 0.4) is 0 Å². The first-order valence-corrected chi connectivity index (χ1v) is 13.8. The van der Waals surface area contributed by atoms with E-state index in [0.29, 0.717) is 26.2 Å². The quantitative estimate of drug-likeness (QED) is 0.370. The van der Waals surface area contributed by atoms with Gasteiger partial charge in [0, 0.05) is 18.6 Å². The number of sulfonamides is 1. The first-order chi connectivity index (χ1) is 17.4. The maximum atomic E-state index is 13.8. The average molecular weight is 583 g/mol. The predicted molar refractivity (Wildman–Crippen MR) is 148 cm³/mol. The van der Waals surface area contributed by atoms with E-state index in [-0.39, 0.29) is 17.1 Å². The second-order valence-corrected chi connectivity index (χ2v) is 11.4. The number of carbonyl (C=O) groups excluding carboxylic acids is 2. The Morgan fingerprint density at radius 2 is 1.62 bits per heavy atom. The molecule has 196 valence electrons. The van der Waals surface area contributed by atoms with Crippen molar-refractivity contribution in [2.75, 3.05) is 17.9 Å². The first-order valence-electron chi connectivity index (χ1n) is 11.2. The van der Waals surface area contributed by atoms with Gasteiger partial charge in [-0.3, -0.25) is 13.9 Å². The number of nitrogens with zero attached hydrogens (tertiary/aromatic N) is 2. The van der Waals surface area contributed by atoms with Crippen LogP contribution in [0, 0.1) is 6.92 Å². The van der Waals surface area contributed by atoms with Crippen LogP contribution >= 0.6 is 34.8 Å². The van der Waals surface area contributed by atoms with E-state index in [1.54, 1.807) is 62.4 Å². The molecule has 0 saturated heterocycles. The normalized spacial score (nSPS) is 12.1. The number of hydrogen-bond acceptors (Lipinski definition) is 4. The number of aryl methyl sites for hydroxylation is 1. The van der Waals surface area contributed by atoms with Gasteiger partial charge in [-0.25, -0.2) is 8.42 Å². The lowest BCUT2D eigenvalue weighted by Crippen LogP contribution is -2.50. The van der Waals surface area contributed by atoms with E-state index in [2.05, 4.69) is 5.32 Å². The van der Waals surface area contributed by atoms with Gasteiger partial charge in [-0.05, 0) is 61.4 Å². The van der Waals surface area contributed by atoms with Gasteiger partial charge in [0.1, 0.15) is 12.6 Å². The van der Waals surface area contributed by atoms with Gasteiger partial charge in [0.15, 0.2) is 0 Å². The summed E-state index contributed by atoms with van der Waals surface area (Å²) in [4.78, 5) is 27.6. The van der Waals surface area contributed by atoms with Crippen LogP contribution in [0.2, 0.25) is 15.1 Å².